The van der Waals surface area contributed by atoms with Crippen LogP contribution in [0, 0.1) is 6.92 Å². The smallest absolute Gasteiger partial charge is 0.0740 e. The number of rotatable bonds is 6. The summed E-state index contributed by atoms with van der Waals surface area (Å²) in [5, 5.41) is 5.90. The number of aromatic nitrogens is 4. The van der Waals surface area contributed by atoms with Gasteiger partial charge in [0.15, 0.2) is 0 Å². The molecule has 2 N–H and O–H groups in total. The average Bonchev–Trinajstić information content (AvgIpc) is 3.15. The molecule has 0 aliphatic carbocycles. The van der Waals surface area contributed by atoms with E-state index in [0.29, 0.717) is 0 Å². The van der Waals surface area contributed by atoms with Crippen molar-refractivity contribution in [3.63, 3.8) is 0 Å². The molecule has 0 amide bonds. The largest absolute Gasteiger partial charge is 0.287 e. The molecule has 26 heavy (non-hydrogen) atoms. The lowest BCUT2D eigenvalue weighted by atomic mass is 10.1. The second kappa shape index (κ2) is 7.58. The lowest BCUT2D eigenvalue weighted by Crippen LogP contribution is -2.23. The van der Waals surface area contributed by atoms with Gasteiger partial charge in [-0.15, -0.1) is 0 Å². The number of aryl methyl sites for hydroxylation is 1. The summed E-state index contributed by atoms with van der Waals surface area (Å²) in [4.78, 5) is 8.20. The zero-order valence-corrected chi connectivity index (χ0v) is 14.6. The molecule has 0 unspecified atom stereocenters. The maximum Gasteiger partial charge on any atom is 0.0740 e. The van der Waals surface area contributed by atoms with Crippen LogP contribution in [0.5, 0.6) is 0 Å². The van der Waals surface area contributed by atoms with Gasteiger partial charge in [0.1, 0.15) is 0 Å². The Bertz CT molecular complexity index is 955. The highest BCUT2D eigenvalue weighted by atomic mass is 15.4. The molecule has 0 atom stereocenters. The molecule has 0 radical (unpaired) electrons. The van der Waals surface area contributed by atoms with Crippen LogP contribution in [0.25, 0.3) is 11.3 Å². The van der Waals surface area contributed by atoms with E-state index in [9.17, 15) is 0 Å². The number of hydrogen-bond acceptors (Lipinski definition) is 5. The van der Waals surface area contributed by atoms with Crippen molar-refractivity contribution in [2.24, 2.45) is 5.84 Å². The van der Waals surface area contributed by atoms with Gasteiger partial charge in [0.25, 0.3) is 0 Å². The summed E-state index contributed by atoms with van der Waals surface area (Å²) in [6.45, 7) is 10.2. The van der Waals surface area contributed by atoms with Gasteiger partial charge < -0.3 is 0 Å². The molecule has 0 bridgehead atoms. The monoisotopic (exact) mass is 344 g/mol. The summed E-state index contributed by atoms with van der Waals surface area (Å²) in [6, 6.07) is 9.42. The minimum absolute atomic E-state index is 0.738. The fourth-order valence-electron chi connectivity index (χ4n) is 2.44. The third-order valence-electron chi connectivity index (χ3n) is 3.86. The molecule has 0 aliphatic rings. The van der Waals surface area contributed by atoms with Crippen molar-refractivity contribution in [2.75, 3.05) is 5.01 Å². The van der Waals surface area contributed by atoms with E-state index in [-0.39, 0.29) is 0 Å². The highest BCUT2D eigenvalue weighted by Crippen LogP contribution is 2.23. The summed E-state index contributed by atoms with van der Waals surface area (Å²) in [5.74, 6) is 6.02. The SMILES string of the molecule is C=C(/C=C\N(N)c1ccncc1)C(=C)c1ccnn1-c1ccnc(C)c1. The van der Waals surface area contributed by atoms with E-state index in [0.717, 1.165) is 33.9 Å². The lowest BCUT2D eigenvalue weighted by molar-refractivity contribution is 0.862. The Balaban J connectivity index is 1.79. The lowest BCUT2D eigenvalue weighted by Gasteiger charge is -2.14. The fraction of sp³-hybridized carbons (Fsp3) is 0.0500. The Labute approximate surface area is 152 Å². The highest BCUT2D eigenvalue weighted by molar-refractivity contribution is 5.78. The number of nitrogens with zero attached hydrogens (tertiary/aromatic N) is 5. The summed E-state index contributed by atoms with van der Waals surface area (Å²) < 4.78 is 1.82. The first-order chi connectivity index (χ1) is 12.6. The van der Waals surface area contributed by atoms with Crippen LogP contribution in [0.3, 0.4) is 0 Å². The first-order valence-corrected chi connectivity index (χ1v) is 8.04. The van der Waals surface area contributed by atoms with Crippen LogP contribution in [0.4, 0.5) is 5.69 Å². The van der Waals surface area contributed by atoms with Crippen molar-refractivity contribution in [2.45, 2.75) is 6.92 Å². The molecule has 6 nitrogen and oxygen atoms in total. The molecule has 0 aliphatic heterocycles. The molecule has 0 fully saturated rings. The Morgan fingerprint density at radius 1 is 1.12 bits per heavy atom. The normalized spacial score (nSPS) is 10.8. The van der Waals surface area contributed by atoms with Gasteiger partial charge in [-0.25, -0.2) is 10.5 Å². The minimum atomic E-state index is 0.738. The summed E-state index contributed by atoms with van der Waals surface area (Å²) in [6.07, 6.45) is 10.4. The molecule has 0 aromatic carbocycles. The van der Waals surface area contributed by atoms with E-state index < -0.39 is 0 Å². The van der Waals surface area contributed by atoms with E-state index >= 15 is 0 Å². The second-order valence-electron chi connectivity index (χ2n) is 5.72. The van der Waals surface area contributed by atoms with Crippen molar-refractivity contribution in [1.29, 1.82) is 0 Å². The molecule has 0 saturated heterocycles. The molecular formula is C20H20N6. The van der Waals surface area contributed by atoms with E-state index in [1.807, 2.05) is 48.0 Å². The van der Waals surface area contributed by atoms with Gasteiger partial charge in [-0.1, -0.05) is 13.2 Å². The molecule has 6 heteroatoms. The minimum Gasteiger partial charge on any atom is -0.287 e. The molecule has 3 rings (SSSR count). The van der Waals surface area contributed by atoms with Gasteiger partial charge >= 0.3 is 0 Å². The van der Waals surface area contributed by atoms with Crippen molar-refractivity contribution in [3.05, 3.63) is 97.5 Å². The van der Waals surface area contributed by atoms with Crippen LogP contribution in [0.15, 0.2) is 86.1 Å². The second-order valence-corrected chi connectivity index (χ2v) is 5.72. The molecule has 0 spiro atoms. The Kier molecular flexibility index (Phi) is 5.05. The Morgan fingerprint density at radius 3 is 2.62 bits per heavy atom. The highest BCUT2D eigenvalue weighted by Gasteiger charge is 2.10. The van der Waals surface area contributed by atoms with E-state index in [4.69, 9.17) is 5.84 Å². The standard InChI is InChI=1S/C20H20N6/c1-15(8-13-25(21)18-4-9-22-10-5-18)17(3)20-7-12-24-26(20)19-6-11-23-16(2)14-19/h4-14H,1,3,21H2,2H3/b13-8-. The summed E-state index contributed by atoms with van der Waals surface area (Å²) >= 11 is 0. The number of hydrogen-bond donors (Lipinski definition) is 1. The summed E-state index contributed by atoms with van der Waals surface area (Å²) in [7, 11) is 0. The zero-order chi connectivity index (χ0) is 18.5. The molecular weight excluding hydrogens is 324 g/mol. The van der Waals surface area contributed by atoms with E-state index in [2.05, 4.69) is 28.2 Å². The van der Waals surface area contributed by atoms with E-state index in [1.165, 1.54) is 5.01 Å². The predicted octanol–water partition coefficient (Wildman–Crippen LogP) is 3.43. The van der Waals surface area contributed by atoms with Gasteiger partial charge in [-0.3, -0.25) is 15.0 Å². The van der Waals surface area contributed by atoms with Gasteiger partial charge in [-0.05, 0) is 54.5 Å². The van der Waals surface area contributed by atoms with Crippen LogP contribution < -0.4 is 10.9 Å². The quantitative estimate of drug-likeness (QED) is 0.421. The van der Waals surface area contributed by atoms with Gasteiger partial charge in [-0.2, -0.15) is 5.10 Å². The van der Waals surface area contributed by atoms with Crippen LogP contribution in [0.1, 0.15) is 11.4 Å². The van der Waals surface area contributed by atoms with Gasteiger partial charge in [0, 0.05) is 30.5 Å². The number of hydrazine groups is 1. The van der Waals surface area contributed by atoms with Crippen LogP contribution in [-0.4, -0.2) is 19.7 Å². The first kappa shape index (κ1) is 17.3. The summed E-state index contributed by atoms with van der Waals surface area (Å²) in [5.41, 5.74) is 5.03. The van der Waals surface area contributed by atoms with Gasteiger partial charge in [0.05, 0.1) is 23.3 Å². The van der Waals surface area contributed by atoms with Gasteiger partial charge in [0.2, 0.25) is 0 Å². The van der Waals surface area contributed by atoms with Crippen LogP contribution in [-0.2, 0) is 0 Å². The number of allylic oxidation sites excluding steroid dienone is 3. The Morgan fingerprint density at radius 2 is 1.88 bits per heavy atom. The maximum atomic E-state index is 6.02. The van der Waals surface area contributed by atoms with Crippen molar-refractivity contribution in [1.82, 2.24) is 19.7 Å². The predicted molar refractivity (Wildman–Crippen MR) is 104 cm³/mol. The van der Waals surface area contributed by atoms with Crippen molar-refractivity contribution < 1.29 is 0 Å². The molecule has 3 aromatic rings. The van der Waals surface area contributed by atoms with Crippen molar-refractivity contribution >= 4 is 11.3 Å². The zero-order valence-electron chi connectivity index (χ0n) is 14.6. The van der Waals surface area contributed by atoms with Crippen molar-refractivity contribution in [3.8, 4) is 5.69 Å². The Hall–Kier alpha value is -3.51. The average molecular weight is 344 g/mol. The van der Waals surface area contributed by atoms with E-state index in [1.54, 1.807) is 31.0 Å². The molecule has 130 valence electrons. The molecule has 3 heterocycles. The van der Waals surface area contributed by atoms with Crippen LogP contribution in [0.2, 0.25) is 0 Å². The number of nitrogens with two attached hydrogens (primary N) is 1. The molecule has 0 saturated carbocycles. The number of pyridine rings is 2. The maximum absolute atomic E-state index is 6.02. The topological polar surface area (TPSA) is 72.9 Å². The van der Waals surface area contributed by atoms with Crippen LogP contribution >= 0.6 is 0 Å². The third-order valence-corrected chi connectivity index (χ3v) is 3.86. The third kappa shape index (κ3) is 3.76. The fourth-order valence-corrected chi connectivity index (χ4v) is 2.44. The number of anilines is 1. The molecule has 3 aromatic heterocycles. The first-order valence-electron chi connectivity index (χ1n) is 8.04.